The van der Waals surface area contributed by atoms with Crippen molar-refractivity contribution in [1.82, 2.24) is 15.4 Å². The number of carbonyl (C=O) groups is 1. The number of nitrogens with one attached hydrogen (secondary N) is 1. The van der Waals surface area contributed by atoms with Gasteiger partial charge in [0.25, 0.3) is 5.91 Å². The maximum Gasteiger partial charge on any atom is 0.250 e. The minimum absolute atomic E-state index is 0.0799. The molecular formula is C22H28ClN5OS. The SMILES string of the molecule is Cc1cc(C)nc(SCC(=O)N/N=C\c2cc3c(cc2Cl)N(C)C(C)(C)CC3C)n1. The Morgan fingerprint density at radius 2 is 2.00 bits per heavy atom. The van der Waals surface area contributed by atoms with E-state index in [9.17, 15) is 4.79 Å². The van der Waals surface area contributed by atoms with Gasteiger partial charge in [-0.15, -0.1) is 0 Å². The summed E-state index contributed by atoms with van der Waals surface area (Å²) in [5.41, 5.74) is 7.59. The molecule has 1 amide bonds. The number of benzene rings is 1. The third-order valence-corrected chi connectivity index (χ3v) is 6.61. The second-order valence-corrected chi connectivity index (χ2v) is 9.77. The highest BCUT2D eigenvalue weighted by Crippen LogP contribution is 2.44. The summed E-state index contributed by atoms with van der Waals surface area (Å²) in [5, 5.41) is 5.30. The zero-order valence-corrected chi connectivity index (χ0v) is 19.9. The Bertz CT molecular complexity index is 971. The molecule has 1 N–H and O–H groups in total. The Hall–Kier alpha value is -2.12. The van der Waals surface area contributed by atoms with Crippen LogP contribution in [0.3, 0.4) is 0 Å². The number of nitrogens with zero attached hydrogens (tertiary/aromatic N) is 4. The Balaban J connectivity index is 1.65. The quantitative estimate of drug-likeness (QED) is 0.312. The number of amides is 1. The highest BCUT2D eigenvalue weighted by molar-refractivity contribution is 7.99. The monoisotopic (exact) mass is 445 g/mol. The van der Waals surface area contributed by atoms with E-state index in [1.165, 1.54) is 17.3 Å². The summed E-state index contributed by atoms with van der Waals surface area (Å²) in [6.45, 7) is 10.5. The van der Waals surface area contributed by atoms with Gasteiger partial charge >= 0.3 is 0 Å². The molecule has 0 saturated carbocycles. The van der Waals surface area contributed by atoms with Gasteiger partial charge in [0.2, 0.25) is 0 Å². The van der Waals surface area contributed by atoms with Crippen molar-refractivity contribution in [3.05, 3.63) is 45.7 Å². The molecule has 6 nitrogen and oxygen atoms in total. The number of hydrogen-bond acceptors (Lipinski definition) is 6. The van der Waals surface area contributed by atoms with E-state index in [0.717, 1.165) is 29.1 Å². The molecule has 8 heteroatoms. The van der Waals surface area contributed by atoms with Gasteiger partial charge in [0.1, 0.15) is 0 Å². The van der Waals surface area contributed by atoms with Crippen LogP contribution in [0.15, 0.2) is 28.5 Å². The van der Waals surface area contributed by atoms with E-state index < -0.39 is 0 Å². The third-order valence-electron chi connectivity index (χ3n) is 5.44. The number of anilines is 1. The number of aryl methyl sites for hydroxylation is 2. The highest BCUT2D eigenvalue weighted by atomic mass is 35.5. The fraction of sp³-hybridized carbons (Fsp3) is 0.455. The molecule has 3 rings (SSSR count). The van der Waals surface area contributed by atoms with Gasteiger partial charge in [0, 0.05) is 35.2 Å². The lowest BCUT2D eigenvalue weighted by Crippen LogP contribution is -2.45. The molecular weight excluding hydrogens is 418 g/mol. The van der Waals surface area contributed by atoms with Crippen LogP contribution in [0.4, 0.5) is 5.69 Å². The van der Waals surface area contributed by atoms with Crippen molar-refractivity contribution in [3.8, 4) is 0 Å². The predicted octanol–water partition coefficient (Wildman–Crippen LogP) is 4.71. The summed E-state index contributed by atoms with van der Waals surface area (Å²) < 4.78 is 0. The minimum Gasteiger partial charge on any atom is -0.369 e. The van der Waals surface area contributed by atoms with Gasteiger partial charge in [0.15, 0.2) is 5.16 Å². The van der Waals surface area contributed by atoms with Crippen LogP contribution in [0.1, 0.15) is 55.6 Å². The van der Waals surface area contributed by atoms with Crippen LogP contribution in [0.2, 0.25) is 5.02 Å². The molecule has 160 valence electrons. The summed E-state index contributed by atoms with van der Waals surface area (Å²) in [7, 11) is 2.10. The van der Waals surface area contributed by atoms with E-state index in [-0.39, 0.29) is 17.2 Å². The molecule has 1 unspecified atom stereocenters. The summed E-state index contributed by atoms with van der Waals surface area (Å²) >= 11 is 7.79. The second-order valence-electron chi connectivity index (χ2n) is 8.42. The molecule has 0 fully saturated rings. The van der Waals surface area contributed by atoms with Gasteiger partial charge in [-0.25, -0.2) is 15.4 Å². The Labute approximate surface area is 187 Å². The van der Waals surface area contributed by atoms with Crippen LogP contribution in [-0.2, 0) is 4.79 Å². The fourth-order valence-corrected chi connectivity index (χ4v) is 4.75. The molecule has 0 aliphatic carbocycles. The van der Waals surface area contributed by atoms with Crippen molar-refractivity contribution < 1.29 is 4.79 Å². The van der Waals surface area contributed by atoms with E-state index in [1.54, 1.807) is 6.21 Å². The van der Waals surface area contributed by atoms with Gasteiger partial charge in [-0.3, -0.25) is 4.79 Å². The Morgan fingerprint density at radius 1 is 1.33 bits per heavy atom. The number of carbonyl (C=O) groups excluding carboxylic acids is 1. The number of hydrogen-bond donors (Lipinski definition) is 1. The van der Waals surface area contributed by atoms with Gasteiger partial charge in [0.05, 0.1) is 17.0 Å². The third kappa shape index (κ3) is 5.13. The number of aromatic nitrogens is 2. The first-order chi connectivity index (χ1) is 14.1. The van der Waals surface area contributed by atoms with E-state index in [4.69, 9.17) is 11.6 Å². The first-order valence-corrected chi connectivity index (χ1v) is 11.3. The lowest BCUT2D eigenvalue weighted by atomic mass is 9.80. The highest BCUT2D eigenvalue weighted by Gasteiger charge is 2.34. The molecule has 1 aliphatic rings. The second kappa shape index (κ2) is 8.94. The largest absolute Gasteiger partial charge is 0.369 e. The van der Waals surface area contributed by atoms with Gasteiger partial charge in [-0.05, 0) is 63.8 Å². The molecule has 1 atom stereocenters. The normalized spacial score (nSPS) is 17.8. The van der Waals surface area contributed by atoms with Crippen LogP contribution in [0, 0.1) is 13.8 Å². The summed E-state index contributed by atoms with van der Waals surface area (Å²) in [4.78, 5) is 23.0. The average Bonchev–Trinajstić information content (AvgIpc) is 2.64. The zero-order valence-electron chi connectivity index (χ0n) is 18.3. The Kier molecular flexibility index (Phi) is 6.72. The van der Waals surface area contributed by atoms with Crippen molar-refractivity contribution in [1.29, 1.82) is 0 Å². The van der Waals surface area contributed by atoms with Crippen molar-refractivity contribution in [2.24, 2.45) is 5.10 Å². The molecule has 0 spiro atoms. The molecule has 1 aromatic carbocycles. The van der Waals surface area contributed by atoms with Crippen LogP contribution in [-0.4, -0.2) is 40.4 Å². The van der Waals surface area contributed by atoms with Gasteiger partial charge < -0.3 is 4.90 Å². The lowest BCUT2D eigenvalue weighted by molar-refractivity contribution is -0.118. The zero-order chi connectivity index (χ0) is 22.1. The van der Waals surface area contributed by atoms with E-state index in [2.05, 4.69) is 59.3 Å². The Morgan fingerprint density at radius 3 is 2.67 bits per heavy atom. The molecule has 0 bridgehead atoms. The van der Waals surface area contributed by atoms with Gasteiger partial charge in [-0.1, -0.05) is 30.3 Å². The minimum atomic E-state index is -0.219. The van der Waals surface area contributed by atoms with E-state index in [0.29, 0.717) is 16.1 Å². The molecule has 0 saturated heterocycles. The standard InChI is InChI=1S/C22H28ClN5OS/c1-13-10-22(4,5)28(6)19-9-18(23)16(8-17(13)19)11-24-27-20(29)12-30-21-25-14(2)7-15(3)26-21/h7-9,11,13H,10,12H2,1-6H3,(H,27,29)/b24-11-. The molecule has 2 heterocycles. The van der Waals surface area contributed by atoms with Crippen LogP contribution in [0.5, 0.6) is 0 Å². The molecule has 0 radical (unpaired) electrons. The lowest BCUT2D eigenvalue weighted by Gasteiger charge is -2.45. The number of hydrazone groups is 1. The van der Waals surface area contributed by atoms with Crippen LogP contribution in [0.25, 0.3) is 0 Å². The maximum absolute atomic E-state index is 12.1. The van der Waals surface area contributed by atoms with E-state index >= 15 is 0 Å². The molecule has 1 aromatic heterocycles. The van der Waals surface area contributed by atoms with Crippen molar-refractivity contribution in [2.45, 2.75) is 57.7 Å². The topological polar surface area (TPSA) is 70.5 Å². The maximum atomic E-state index is 12.1. The van der Waals surface area contributed by atoms with Gasteiger partial charge in [-0.2, -0.15) is 5.10 Å². The number of halogens is 1. The number of thioether (sulfide) groups is 1. The summed E-state index contributed by atoms with van der Waals surface area (Å²) in [5.74, 6) is 0.386. The van der Waals surface area contributed by atoms with Crippen LogP contribution < -0.4 is 10.3 Å². The first kappa shape index (κ1) is 22.6. The fourth-order valence-electron chi connectivity index (χ4n) is 3.80. The number of rotatable bonds is 5. The van der Waals surface area contributed by atoms with Crippen molar-refractivity contribution in [3.63, 3.8) is 0 Å². The van der Waals surface area contributed by atoms with Crippen molar-refractivity contribution >= 4 is 41.2 Å². The molecule has 1 aliphatic heterocycles. The van der Waals surface area contributed by atoms with E-state index in [1.807, 2.05) is 26.0 Å². The molecule has 2 aromatic rings. The smallest absolute Gasteiger partial charge is 0.250 e. The first-order valence-electron chi connectivity index (χ1n) is 9.91. The average molecular weight is 446 g/mol. The molecule has 30 heavy (non-hydrogen) atoms. The predicted molar refractivity (Wildman–Crippen MR) is 125 cm³/mol. The number of fused-ring (bicyclic) bond motifs is 1. The summed E-state index contributed by atoms with van der Waals surface area (Å²) in [6, 6.07) is 5.96. The van der Waals surface area contributed by atoms with Crippen molar-refractivity contribution in [2.75, 3.05) is 17.7 Å². The summed E-state index contributed by atoms with van der Waals surface area (Å²) in [6.07, 6.45) is 2.66. The van der Waals surface area contributed by atoms with Crippen LogP contribution >= 0.6 is 23.4 Å².